The molecule has 0 saturated heterocycles. The van der Waals surface area contributed by atoms with Crippen LogP contribution in [0.5, 0.6) is 5.75 Å². The van der Waals surface area contributed by atoms with Crippen molar-refractivity contribution in [2.45, 2.75) is 45.6 Å². The lowest BCUT2D eigenvalue weighted by molar-refractivity contribution is 0.275. The first-order valence-corrected chi connectivity index (χ1v) is 6.37. The molecule has 0 atom stereocenters. The van der Waals surface area contributed by atoms with Gasteiger partial charge in [-0.15, -0.1) is 0 Å². The highest BCUT2D eigenvalue weighted by Gasteiger charge is 2.02. The molecule has 1 aromatic rings. The van der Waals surface area contributed by atoms with Crippen LogP contribution < -0.4 is 0 Å². The van der Waals surface area contributed by atoms with Crippen molar-refractivity contribution in [3.05, 3.63) is 35.4 Å². The zero-order valence-corrected chi connectivity index (χ0v) is 10.5. The largest absolute Gasteiger partial charge is 0.507 e. The maximum absolute atomic E-state index is 9.82. The lowest BCUT2D eigenvalue weighted by Gasteiger charge is -2.04. The van der Waals surface area contributed by atoms with Gasteiger partial charge in [-0.05, 0) is 12.8 Å². The Morgan fingerprint density at radius 1 is 1.18 bits per heavy atom. The molecule has 17 heavy (non-hydrogen) atoms. The van der Waals surface area contributed by atoms with E-state index in [0.29, 0.717) is 5.56 Å². The van der Waals surface area contributed by atoms with Crippen LogP contribution in [0.1, 0.15) is 50.2 Å². The number of aliphatic hydroxyl groups excluding tert-OH is 1. The van der Waals surface area contributed by atoms with E-state index in [2.05, 4.69) is 13.0 Å². The van der Waals surface area contributed by atoms with Gasteiger partial charge < -0.3 is 10.2 Å². The monoisotopic (exact) mass is 234 g/mol. The van der Waals surface area contributed by atoms with Gasteiger partial charge in [-0.2, -0.15) is 0 Å². The molecule has 94 valence electrons. The number of para-hydroxylation sites is 1. The van der Waals surface area contributed by atoms with E-state index >= 15 is 0 Å². The molecule has 0 fully saturated rings. The van der Waals surface area contributed by atoms with Gasteiger partial charge in [-0.1, -0.05) is 56.5 Å². The predicted octanol–water partition coefficient (Wildman–Crippen LogP) is 3.87. The molecule has 2 heteroatoms. The molecular weight excluding hydrogens is 212 g/mol. The third-order valence-corrected chi connectivity index (χ3v) is 2.84. The van der Waals surface area contributed by atoms with Gasteiger partial charge in [-0.25, -0.2) is 0 Å². The molecular formula is C15H22O2. The Bertz CT molecular complexity index is 356. The number of hydrogen-bond acceptors (Lipinski definition) is 2. The number of phenols is 1. The van der Waals surface area contributed by atoms with E-state index in [9.17, 15) is 5.11 Å². The average molecular weight is 234 g/mol. The Morgan fingerprint density at radius 3 is 2.71 bits per heavy atom. The van der Waals surface area contributed by atoms with E-state index in [1.54, 1.807) is 6.07 Å². The van der Waals surface area contributed by atoms with Crippen LogP contribution in [0, 0.1) is 0 Å². The Balaban J connectivity index is 2.48. The molecule has 0 aromatic heterocycles. The molecule has 1 aromatic carbocycles. The summed E-state index contributed by atoms with van der Waals surface area (Å²) in [5, 5.41) is 18.8. The van der Waals surface area contributed by atoms with Crippen molar-refractivity contribution in [3.63, 3.8) is 0 Å². The highest BCUT2D eigenvalue weighted by molar-refractivity contribution is 5.59. The van der Waals surface area contributed by atoms with Crippen LogP contribution in [0.3, 0.4) is 0 Å². The standard InChI is InChI=1S/C15H22O2/c1-2-3-4-5-6-7-9-13-10-8-11-14(12-16)15(13)17/h7-11,16-17H,2-6,12H2,1H3. The fourth-order valence-corrected chi connectivity index (χ4v) is 1.77. The molecule has 0 radical (unpaired) electrons. The average Bonchev–Trinajstić information content (AvgIpc) is 2.35. The lowest BCUT2D eigenvalue weighted by Crippen LogP contribution is -1.86. The molecule has 0 saturated carbocycles. The highest BCUT2D eigenvalue weighted by Crippen LogP contribution is 2.23. The molecule has 2 N–H and O–H groups in total. The Hall–Kier alpha value is -1.28. The Kier molecular flexibility index (Phi) is 6.41. The van der Waals surface area contributed by atoms with Crippen LogP contribution in [0.15, 0.2) is 24.3 Å². The van der Waals surface area contributed by atoms with Crippen LogP contribution in [-0.4, -0.2) is 10.2 Å². The lowest BCUT2D eigenvalue weighted by atomic mass is 10.1. The summed E-state index contributed by atoms with van der Waals surface area (Å²) in [7, 11) is 0. The summed E-state index contributed by atoms with van der Waals surface area (Å²) in [6.07, 6.45) is 10.1. The van der Waals surface area contributed by atoms with Crippen molar-refractivity contribution >= 4 is 6.08 Å². The van der Waals surface area contributed by atoms with E-state index in [0.717, 1.165) is 12.0 Å². The molecule has 0 aliphatic rings. The fourth-order valence-electron chi connectivity index (χ4n) is 1.77. The van der Waals surface area contributed by atoms with Gasteiger partial charge in [0.25, 0.3) is 0 Å². The first-order valence-electron chi connectivity index (χ1n) is 6.37. The molecule has 0 bridgehead atoms. The number of aromatic hydroxyl groups is 1. The number of benzene rings is 1. The smallest absolute Gasteiger partial charge is 0.128 e. The van der Waals surface area contributed by atoms with Crippen molar-refractivity contribution < 1.29 is 10.2 Å². The minimum absolute atomic E-state index is 0.121. The van der Waals surface area contributed by atoms with E-state index < -0.39 is 0 Å². The van der Waals surface area contributed by atoms with Gasteiger partial charge in [0.1, 0.15) is 5.75 Å². The summed E-state index contributed by atoms with van der Waals surface area (Å²) in [4.78, 5) is 0. The number of aliphatic hydroxyl groups is 1. The van der Waals surface area contributed by atoms with Crippen LogP contribution in [0.25, 0.3) is 6.08 Å². The number of rotatable bonds is 7. The van der Waals surface area contributed by atoms with Gasteiger partial charge in [0.15, 0.2) is 0 Å². The second-order valence-electron chi connectivity index (χ2n) is 4.26. The topological polar surface area (TPSA) is 40.5 Å². The molecule has 0 unspecified atom stereocenters. The van der Waals surface area contributed by atoms with E-state index in [-0.39, 0.29) is 12.4 Å². The van der Waals surface area contributed by atoms with Crippen molar-refractivity contribution in [3.8, 4) is 5.75 Å². The fraction of sp³-hybridized carbons (Fsp3) is 0.467. The maximum atomic E-state index is 9.82. The quantitative estimate of drug-likeness (QED) is 0.703. The predicted molar refractivity (Wildman–Crippen MR) is 71.8 cm³/mol. The molecule has 0 aliphatic carbocycles. The Labute approximate surface area is 104 Å². The van der Waals surface area contributed by atoms with Gasteiger partial charge in [0.05, 0.1) is 6.61 Å². The van der Waals surface area contributed by atoms with Crippen LogP contribution >= 0.6 is 0 Å². The maximum Gasteiger partial charge on any atom is 0.128 e. The third kappa shape index (κ3) is 4.61. The minimum Gasteiger partial charge on any atom is -0.507 e. The SMILES string of the molecule is CCCCCCC=Cc1cccc(CO)c1O. The zero-order chi connectivity index (χ0) is 12.5. The van der Waals surface area contributed by atoms with Gasteiger partial charge in [0, 0.05) is 11.1 Å². The Morgan fingerprint density at radius 2 is 2.00 bits per heavy atom. The van der Waals surface area contributed by atoms with Crippen molar-refractivity contribution in [1.82, 2.24) is 0 Å². The van der Waals surface area contributed by atoms with E-state index in [1.807, 2.05) is 18.2 Å². The third-order valence-electron chi connectivity index (χ3n) is 2.84. The summed E-state index contributed by atoms with van der Waals surface area (Å²) >= 11 is 0. The van der Waals surface area contributed by atoms with E-state index in [1.165, 1.54) is 25.7 Å². The van der Waals surface area contributed by atoms with Gasteiger partial charge in [0.2, 0.25) is 0 Å². The highest BCUT2D eigenvalue weighted by atomic mass is 16.3. The van der Waals surface area contributed by atoms with Gasteiger partial charge >= 0.3 is 0 Å². The van der Waals surface area contributed by atoms with Crippen molar-refractivity contribution in [1.29, 1.82) is 0 Å². The van der Waals surface area contributed by atoms with Gasteiger partial charge in [-0.3, -0.25) is 0 Å². The first-order chi connectivity index (χ1) is 8.29. The summed E-state index contributed by atoms with van der Waals surface area (Å²) in [6, 6.07) is 5.44. The second-order valence-corrected chi connectivity index (χ2v) is 4.26. The number of unbranched alkanes of at least 4 members (excludes halogenated alkanes) is 4. The summed E-state index contributed by atoms with van der Waals surface area (Å²) in [6.45, 7) is 2.08. The number of hydrogen-bond donors (Lipinski definition) is 2. The molecule has 0 amide bonds. The van der Waals surface area contributed by atoms with Crippen LogP contribution in [0.2, 0.25) is 0 Å². The number of allylic oxidation sites excluding steroid dienone is 1. The van der Waals surface area contributed by atoms with Crippen LogP contribution in [-0.2, 0) is 6.61 Å². The second kappa shape index (κ2) is 7.91. The van der Waals surface area contributed by atoms with Crippen molar-refractivity contribution in [2.24, 2.45) is 0 Å². The zero-order valence-electron chi connectivity index (χ0n) is 10.5. The van der Waals surface area contributed by atoms with Crippen molar-refractivity contribution in [2.75, 3.05) is 0 Å². The summed E-state index contributed by atoms with van der Waals surface area (Å²) < 4.78 is 0. The molecule has 0 heterocycles. The summed E-state index contributed by atoms with van der Waals surface area (Å²) in [5.74, 6) is 0.194. The van der Waals surface area contributed by atoms with Crippen LogP contribution in [0.4, 0.5) is 0 Å². The molecule has 0 spiro atoms. The molecule has 2 nitrogen and oxygen atoms in total. The minimum atomic E-state index is -0.121. The normalized spacial score (nSPS) is 11.2. The summed E-state index contributed by atoms with van der Waals surface area (Å²) in [5.41, 5.74) is 1.37. The van der Waals surface area contributed by atoms with E-state index in [4.69, 9.17) is 5.11 Å². The first kappa shape index (κ1) is 13.8. The molecule has 0 aliphatic heterocycles. The molecule has 1 rings (SSSR count).